The standard InChI is InChI=1S/C18H29NO5/c1-4-7-10-22-16-13-15(19(20)21)14-17(23-11-8-5-2)18(16)24-12-9-6-3/h13-14H,4-12H2,1-3H3. The molecule has 0 N–H and O–H groups in total. The van der Waals surface area contributed by atoms with Gasteiger partial charge < -0.3 is 14.2 Å². The van der Waals surface area contributed by atoms with Crippen LogP contribution in [0.1, 0.15) is 59.3 Å². The molecule has 6 nitrogen and oxygen atoms in total. The SMILES string of the molecule is CCCCOc1cc([N+](=O)[O-])cc(OCCCC)c1OCCCC. The van der Waals surface area contributed by atoms with Gasteiger partial charge in [0.05, 0.1) is 36.9 Å². The van der Waals surface area contributed by atoms with Gasteiger partial charge in [-0.05, 0) is 19.3 Å². The third-order valence-electron chi connectivity index (χ3n) is 3.47. The minimum absolute atomic E-state index is 0.0455. The van der Waals surface area contributed by atoms with Gasteiger partial charge in [-0.2, -0.15) is 0 Å². The minimum atomic E-state index is -0.435. The highest BCUT2D eigenvalue weighted by Gasteiger charge is 2.20. The largest absolute Gasteiger partial charge is 0.489 e. The highest BCUT2D eigenvalue weighted by Crippen LogP contribution is 2.41. The molecule has 0 aliphatic heterocycles. The number of non-ortho nitro benzene ring substituents is 1. The molecule has 0 radical (unpaired) electrons. The third-order valence-corrected chi connectivity index (χ3v) is 3.47. The van der Waals surface area contributed by atoms with Gasteiger partial charge >= 0.3 is 0 Å². The van der Waals surface area contributed by atoms with Crippen LogP contribution in [0.4, 0.5) is 5.69 Å². The van der Waals surface area contributed by atoms with Crippen molar-refractivity contribution in [3.05, 3.63) is 22.2 Å². The topological polar surface area (TPSA) is 70.8 Å². The summed E-state index contributed by atoms with van der Waals surface area (Å²) in [6.07, 6.45) is 5.64. The number of hydrogen-bond donors (Lipinski definition) is 0. The lowest BCUT2D eigenvalue weighted by Gasteiger charge is -2.17. The molecule has 0 heterocycles. The van der Waals surface area contributed by atoms with Crippen LogP contribution in [0.5, 0.6) is 17.2 Å². The number of hydrogen-bond acceptors (Lipinski definition) is 5. The molecule has 0 bridgehead atoms. The molecule has 0 saturated heterocycles. The molecule has 6 heteroatoms. The van der Waals surface area contributed by atoms with Crippen LogP contribution in [0.15, 0.2) is 12.1 Å². The third kappa shape index (κ3) is 6.64. The number of unbranched alkanes of at least 4 members (excludes halogenated alkanes) is 3. The molecule has 24 heavy (non-hydrogen) atoms. The van der Waals surface area contributed by atoms with Crippen molar-refractivity contribution in [2.75, 3.05) is 19.8 Å². The second-order valence-electron chi connectivity index (χ2n) is 5.63. The Labute approximate surface area is 144 Å². The van der Waals surface area contributed by atoms with Crippen LogP contribution in [-0.2, 0) is 0 Å². The average molecular weight is 339 g/mol. The zero-order chi connectivity index (χ0) is 17.8. The summed E-state index contributed by atoms with van der Waals surface area (Å²) >= 11 is 0. The minimum Gasteiger partial charge on any atom is -0.489 e. The second kappa shape index (κ2) is 11.5. The van der Waals surface area contributed by atoms with Gasteiger partial charge in [-0.3, -0.25) is 10.1 Å². The Bertz CT molecular complexity index is 473. The molecule has 0 unspecified atom stereocenters. The molecule has 0 amide bonds. The molecule has 1 rings (SSSR count). The van der Waals surface area contributed by atoms with Gasteiger partial charge in [0, 0.05) is 0 Å². The van der Waals surface area contributed by atoms with Crippen LogP contribution in [0.2, 0.25) is 0 Å². The predicted octanol–water partition coefficient (Wildman–Crippen LogP) is 5.13. The van der Waals surface area contributed by atoms with Crippen LogP contribution >= 0.6 is 0 Å². The van der Waals surface area contributed by atoms with Crippen LogP contribution in [0.25, 0.3) is 0 Å². The summed E-state index contributed by atoms with van der Waals surface area (Å²) in [5, 5.41) is 11.2. The first-order chi connectivity index (χ1) is 11.6. The first-order valence-corrected chi connectivity index (χ1v) is 8.84. The fourth-order valence-electron chi connectivity index (χ4n) is 2.00. The number of nitro benzene ring substituents is 1. The summed E-state index contributed by atoms with van der Waals surface area (Å²) in [6, 6.07) is 2.84. The van der Waals surface area contributed by atoms with Gasteiger partial charge in [0.25, 0.3) is 5.69 Å². The van der Waals surface area contributed by atoms with E-state index in [-0.39, 0.29) is 5.69 Å². The lowest BCUT2D eigenvalue weighted by molar-refractivity contribution is -0.385. The quantitative estimate of drug-likeness (QED) is 0.283. The van der Waals surface area contributed by atoms with E-state index in [2.05, 4.69) is 20.8 Å². The number of rotatable bonds is 13. The van der Waals surface area contributed by atoms with Gasteiger partial charge in [0.1, 0.15) is 0 Å². The summed E-state index contributed by atoms with van der Waals surface area (Å²) in [5.74, 6) is 1.25. The molecule has 0 aliphatic rings. The summed E-state index contributed by atoms with van der Waals surface area (Å²) in [5.41, 5.74) is -0.0455. The van der Waals surface area contributed by atoms with Crippen molar-refractivity contribution in [2.45, 2.75) is 59.3 Å². The van der Waals surface area contributed by atoms with E-state index >= 15 is 0 Å². The van der Waals surface area contributed by atoms with Crippen LogP contribution in [-0.4, -0.2) is 24.7 Å². The van der Waals surface area contributed by atoms with E-state index in [1.807, 2.05) is 0 Å². The number of nitrogens with zero attached hydrogens (tertiary/aromatic N) is 1. The van der Waals surface area contributed by atoms with Gasteiger partial charge in [-0.25, -0.2) is 0 Å². The van der Waals surface area contributed by atoms with Gasteiger partial charge in [-0.1, -0.05) is 40.0 Å². The van der Waals surface area contributed by atoms with E-state index in [1.54, 1.807) is 0 Å². The van der Waals surface area contributed by atoms with Gasteiger partial charge in [-0.15, -0.1) is 0 Å². The molecule has 0 aliphatic carbocycles. The molecule has 0 spiro atoms. The smallest absolute Gasteiger partial charge is 0.277 e. The molecule has 0 fully saturated rings. The van der Waals surface area contributed by atoms with E-state index in [1.165, 1.54) is 12.1 Å². The molecule has 0 atom stereocenters. The van der Waals surface area contributed by atoms with Crippen LogP contribution in [0, 0.1) is 10.1 Å². The fraction of sp³-hybridized carbons (Fsp3) is 0.667. The lowest BCUT2D eigenvalue weighted by atomic mass is 10.2. The maximum Gasteiger partial charge on any atom is 0.277 e. The molecule has 1 aromatic rings. The predicted molar refractivity (Wildman–Crippen MR) is 94.3 cm³/mol. The zero-order valence-corrected chi connectivity index (χ0v) is 15.0. The van der Waals surface area contributed by atoms with Crippen LogP contribution in [0.3, 0.4) is 0 Å². The number of ether oxygens (including phenoxy) is 3. The number of nitro groups is 1. The zero-order valence-electron chi connectivity index (χ0n) is 15.0. The second-order valence-corrected chi connectivity index (χ2v) is 5.63. The van der Waals surface area contributed by atoms with E-state index in [0.29, 0.717) is 37.1 Å². The average Bonchev–Trinajstić information content (AvgIpc) is 2.56. The Morgan fingerprint density at radius 3 is 1.62 bits per heavy atom. The van der Waals surface area contributed by atoms with Crippen molar-refractivity contribution in [2.24, 2.45) is 0 Å². The molecular formula is C18H29NO5. The Morgan fingerprint density at radius 1 is 0.833 bits per heavy atom. The van der Waals surface area contributed by atoms with Crippen molar-refractivity contribution in [3.63, 3.8) is 0 Å². The van der Waals surface area contributed by atoms with E-state index in [4.69, 9.17) is 14.2 Å². The van der Waals surface area contributed by atoms with Crippen molar-refractivity contribution in [1.82, 2.24) is 0 Å². The van der Waals surface area contributed by atoms with Gasteiger partial charge in [0.15, 0.2) is 11.5 Å². The normalized spacial score (nSPS) is 10.5. The molecule has 1 aromatic carbocycles. The molecule has 0 saturated carbocycles. The van der Waals surface area contributed by atoms with E-state index < -0.39 is 4.92 Å². The highest BCUT2D eigenvalue weighted by molar-refractivity contribution is 5.58. The summed E-state index contributed by atoms with van der Waals surface area (Å²) in [7, 11) is 0. The Morgan fingerprint density at radius 2 is 1.25 bits per heavy atom. The van der Waals surface area contributed by atoms with Crippen molar-refractivity contribution in [3.8, 4) is 17.2 Å². The molecular weight excluding hydrogens is 310 g/mol. The molecule has 136 valence electrons. The van der Waals surface area contributed by atoms with Crippen molar-refractivity contribution in [1.29, 1.82) is 0 Å². The Hall–Kier alpha value is -1.98. The van der Waals surface area contributed by atoms with Crippen molar-refractivity contribution < 1.29 is 19.1 Å². The maximum absolute atomic E-state index is 11.2. The highest BCUT2D eigenvalue weighted by atomic mass is 16.6. The summed E-state index contributed by atoms with van der Waals surface area (Å²) < 4.78 is 17.3. The Balaban J connectivity index is 3.08. The van der Waals surface area contributed by atoms with E-state index in [9.17, 15) is 10.1 Å². The monoisotopic (exact) mass is 339 g/mol. The van der Waals surface area contributed by atoms with Crippen molar-refractivity contribution >= 4 is 5.69 Å². The lowest BCUT2D eigenvalue weighted by Crippen LogP contribution is -2.06. The van der Waals surface area contributed by atoms with Crippen LogP contribution < -0.4 is 14.2 Å². The fourth-order valence-corrected chi connectivity index (χ4v) is 2.00. The van der Waals surface area contributed by atoms with E-state index in [0.717, 1.165) is 38.5 Å². The Kier molecular flexibility index (Phi) is 9.65. The number of benzene rings is 1. The first-order valence-electron chi connectivity index (χ1n) is 8.84. The molecule has 0 aromatic heterocycles. The maximum atomic E-state index is 11.2. The first kappa shape index (κ1) is 20.1. The summed E-state index contributed by atoms with van der Waals surface area (Å²) in [6.45, 7) is 7.73. The van der Waals surface area contributed by atoms with Gasteiger partial charge in [0.2, 0.25) is 5.75 Å². The summed E-state index contributed by atoms with van der Waals surface area (Å²) in [4.78, 5) is 10.8.